The number of rotatable bonds is 9. The van der Waals surface area contributed by atoms with E-state index in [4.69, 9.17) is 23.4 Å². The summed E-state index contributed by atoms with van der Waals surface area (Å²) in [5.41, 5.74) is 0.0499. The van der Waals surface area contributed by atoms with Crippen molar-refractivity contribution in [3.63, 3.8) is 0 Å². The molecule has 1 aliphatic heterocycles. The lowest BCUT2D eigenvalue weighted by molar-refractivity contribution is -0.921. The lowest BCUT2D eigenvalue weighted by atomic mass is 10.1. The van der Waals surface area contributed by atoms with Crippen molar-refractivity contribution in [2.75, 3.05) is 33.4 Å². The molecule has 0 saturated carbocycles. The third kappa shape index (κ3) is 6.84. The number of ether oxygens (including phenoxy) is 4. The lowest BCUT2D eigenvalue weighted by Crippen LogP contribution is -3.12. The van der Waals surface area contributed by atoms with E-state index in [1.165, 1.54) is 43.5 Å². The van der Waals surface area contributed by atoms with Crippen LogP contribution in [0.5, 0.6) is 23.0 Å². The first-order valence-electron chi connectivity index (χ1n) is 13.9. The molecule has 1 N–H and O–H groups in total. The van der Waals surface area contributed by atoms with Crippen LogP contribution in [0.4, 0.5) is 13.2 Å². The molecule has 0 unspecified atom stereocenters. The van der Waals surface area contributed by atoms with E-state index >= 15 is 0 Å². The molecule has 8 nitrogen and oxygen atoms in total. The first-order valence-corrected chi connectivity index (χ1v) is 13.9. The Morgan fingerprint density at radius 1 is 0.953 bits per heavy atom. The van der Waals surface area contributed by atoms with Crippen LogP contribution < -0.4 is 24.5 Å². The van der Waals surface area contributed by atoms with E-state index in [9.17, 15) is 22.8 Å². The van der Waals surface area contributed by atoms with Gasteiger partial charge in [0.15, 0.2) is 5.58 Å². The average Bonchev–Trinajstić information content (AvgIpc) is 3.00. The standard InChI is InChI=1S/C32H30F3NO7/c1-3-4-20-5-9-23(10-6-20)41-29-27(37)24-13-14-26(42-31(38)21-7-11-22(39-2)12-8-21)25(19-36-15-17-40-18-16-36)28(24)43-30(29)32(33,34)35/h5-14H,3-4,15-19H2,1-2H3/p+1. The van der Waals surface area contributed by atoms with E-state index in [0.29, 0.717) is 32.1 Å². The fourth-order valence-electron chi connectivity index (χ4n) is 4.92. The number of fused-ring (bicyclic) bond motifs is 1. The van der Waals surface area contributed by atoms with Gasteiger partial charge >= 0.3 is 12.1 Å². The molecule has 1 saturated heterocycles. The van der Waals surface area contributed by atoms with Crippen molar-refractivity contribution in [2.45, 2.75) is 32.5 Å². The van der Waals surface area contributed by atoms with E-state index in [1.807, 2.05) is 6.92 Å². The fraction of sp³-hybridized carbons (Fsp3) is 0.312. The number of hydrogen-bond donors (Lipinski definition) is 1. The topological polar surface area (TPSA) is 88.6 Å². The zero-order chi connectivity index (χ0) is 30.6. The molecule has 5 rings (SSSR count). The third-order valence-electron chi connectivity index (χ3n) is 7.17. The summed E-state index contributed by atoms with van der Waals surface area (Å²) in [4.78, 5) is 27.6. The summed E-state index contributed by atoms with van der Waals surface area (Å²) in [5, 5.41) is -0.127. The van der Waals surface area contributed by atoms with Crippen LogP contribution in [-0.4, -0.2) is 39.4 Å². The Hall–Kier alpha value is -4.35. The van der Waals surface area contributed by atoms with Crippen LogP contribution in [0.25, 0.3) is 11.0 Å². The van der Waals surface area contributed by atoms with Crippen LogP contribution >= 0.6 is 0 Å². The highest BCUT2D eigenvalue weighted by Gasteiger charge is 2.41. The highest BCUT2D eigenvalue weighted by Crippen LogP contribution is 2.40. The van der Waals surface area contributed by atoms with Crippen LogP contribution in [0.15, 0.2) is 69.9 Å². The highest BCUT2D eigenvalue weighted by atomic mass is 19.4. The van der Waals surface area contributed by atoms with Crippen molar-refractivity contribution in [3.05, 3.63) is 93.3 Å². The Morgan fingerprint density at radius 3 is 2.26 bits per heavy atom. The van der Waals surface area contributed by atoms with Gasteiger partial charge in [-0.2, -0.15) is 13.2 Å². The van der Waals surface area contributed by atoms with Crippen molar-refractivity contribution in [1.82, 2.24) is 0 Å². The summed E-state index contributed by atoms with van der Waals surface area (Å²) >= 11 is 0. The zero-order valence-corrected chi connectivity index (χ0v) is 23.7. The quantitative estimate of drug-likeness (QED) is 0.209. The number of benzene rings is 3. The largest absolute Gasteiger partial charge is 0.497 e. The summed E-state index contributed by atoms with van der Waals surface area (Å²) < 4.78 is 70.4. The van der Waals surface area contributed by atoms with E-state index in [-0.39, 0.29) is 40.1 Å². The van der Waals surface area contributed by atoms with Gasteiger partial charge in [-0.05, 0) is 60.5 Å². The maximum absolute atomic E-state index is 14.4. The molecule has 1 fully saturated rings. The summed E-state index contributed by atoms with van der Waals surface area (Å²) in [5.74, 6) is -2.67. The summed E-state index contributed by atoms with van der Waals surface area (Å²) in [6.07, 6.45) is -3.35. The number of hydrogen-bond acceptors (Lipinski definition) is 7. The van der Waals surface area contributed by atoms with Gasteiger partial charge in [-0.1, -0.05) is 25.5 Å². The molecule has 0 amide bonds. The number of methoxy groups -OCH3 is 1. The molecule has 0 aliphatic carbocycles. The second-order valence-electron chi connectivity index (χ2n) is 10.2. The SMILES string of the molecule is CCCc1ccc(Oc2c(C(F)(F)F)oc3c(C[NH+]4CCOCC4)c(OC(=O)c4ccc(OC)cc4)ccc3c2=O)cc1. The van der Waals surface area contributed by atoms with E-state index in [2.05, 4.69) is 0 Å². The van der Waals surface area contributed by atoms with Crippen LogP contribution in [0, 0.1) is 0 Å². The molecule has 1 aliphatic rings. The molecule has 0 spiro atoms. The minimum Gasteiger partial charge on any atom is -0.497 e. The highest BCUT2D eigenvalue weighted by molar-refractivity contribution is 5.92. The van der Waals surface area contributed by atoms with Crippen molar-refractivity contribution in [3.8, 4) is 23.0 Å². The second kappa shape index (κ2) is 12.9. The predicted octanol–water partition coefficient (Wildman–Crippen LogP) is 5.20. The van der Waals surface area contributed by atoms with Crippen LogP contribution in [0.1, 0.15) is 40.6 Å². The smallest absolute Gasteiger partial charge is 0.453 e. The Balaban J connectivity index is 1.61. The van der Waals surface area contributed by atoms with Gasteiger partial charge in [0.05, 0.1) is 36.8 Å². The number of esters is 1. The molecule has 43 heavy (non-hydrogen) atoms. The Bertz CT molecular complexity index is 1640. The monoisotopic (exact) mass is 598 g/mol. The lowest BCUT2D eigenvalue weighted by Gasteiger charge is -2.25. The van der Waals surface area contributed by atoms with Crippen molar-refractivity contribution < 1.29 is 46.2 Å². The van der Waals surface area contributed by atoms with Crippen molar-refractivity contribution in [1.29, 1.82) is 0 Å². The molecule has 226 valence electrons. The van der Waals surface area contributed by atoms with Crippen molar-refractivity contribution >= 4 is 16.9 Å². The maximum atomic E-state index is 14.4. The molecule has 0 bridgehead atoms. The Kier molecular flexibility index (Phi) is 9.02. The van der Waals surface area contributed by atoms with E-state index in [0.717, 1.165) is 23.3 Å². The second-order valence-corrected chi connectivity index (χ2v) is 10.2. The van der Waals surface area contributed by atoms with Crippen LogP contribution in [-0.2, 0) is 23.9 Å². The first-order chi connectivity index (χ1) is 20.7. The van der Waals surface area contributed by atoms with Gasteiger partial charge < -0.3 is 28.3 Å². The van der Waals surface area contributed by atoms with Gasteiger partial charge in [0.2, 0.25) is 11.2 Å². The summed E-state index contributed by atoms with van der Waals surface area (Å²) in [6, 6.07) is 15.4. The van der Waals surface area contributed by atoms with Gasteiger partial charge in [-0.3, -0.25) is 4.79 Å². The van der Waals surface area contributed by atoms with Gasteiger partial charge in [-0.25, -0.2) is 4.79 Å². The third-order valence-corrected chi connectivity index (χ3v) is 7.17. The molecule has 0 radical (unpaired) electrons. The Morgan fingerprint density at radius 2 is 1.63 bits per heavy atom. The normalized spacial score (nSPS) is 14.1. The molecular weight excluding hydrogens is 567 g/mol. The number of alkyl halides is 3. The van der Waals surface area contributed by atoms with Gasteiger partial charge in [0, 0.05) is 0 Å². The number of nitrogens with one attached hydrogen (secondary N) is 1. The molecule has 3 aromatic carbocycles. The number of quaternary nitrogens is 1. The summed E-state index contributed by atoms with van der Waals surface area (Å²) in [7, 11) is 1.49. The fourth-order valence-corrected chi connectivity index (χ4v) is 4.92. The maximum Gasteiger partial charge on any atom is 0.453 e. The average molecular weight is 599 g/mol. The van der Waals surface area contributed by atoms with Crippen LogP contribution in [0.2, 0.25) is 0 Å². The predicted molar refractivity (Wildman–Crippen MR) is 151 cm³/mol. The first kappa shape index (κ1) is 30.1. The Labute approximate surface area is 245 Å². The number of aryl methyl sites for hydroxylation is 1. The molecule has 0 atom stereocenters. The van der Waals surface area contributed by atoms with Crippen molar-refractivity contribution in [2.24, 2.45) is 0 Å². The minimum atomic E-state index is -5.05. The molecule has 1 aromatic heterocycles. The molecular formula is C32H31F3NO7+. The van der Waals surface area contributed by atoms with Crippen LogP contribution in [0.3, 0.4) is 0 Å². The zero-order valence-electron chi connectivity index (χ0n) is 23.7. The molecule has 4 aromatic rings. The van der Waals surface area contributed by atoms with E-state index in [1.54, 1.807) is 24.3 Å². The minimum absolute atomic E-state index is 0.0104. The van der Waals surface area contributed by atoms with Gasteiger partial charge in [0.1, 0.15) is 36.9 Å². The van der Waals surface area contributed by atoms with Gasteiger partial charge in [0.25, 0.3) is 5.76 Å². The molecule has 2 heterocycles. The number of carbonyl (C=O) groups is 1. The number of carbonyl (C=O) groups excluding carboxylic acids is 1. The summed E-state index contributed by atoms with van der Waals surface area (Å²) in [6.45, 7) is 4.18. The van der Waals surface area contributed by atoms with E-state index < -0.39 is 29.1 Å². The molecule has 11 heteroatoms. The van der Waals surface area contributed by atoms with Gasteiger partial charge in [-0.15, -0.1) is 0 Å². The number of morpholine rings is 1. The number of halogens is 3.